The number of fused-ring (bicyclic) bond motifs is 2. The first kappa shape index (κ1) is 12.9. The Bertz CT molecular complexity index is 599. The predicted octanol–water partition coefficient (Wildman–Crippen LogP) is 2.59. The molecule has 20 heavy (non-hydrogen) atoms. The number of aromatic carboxylic acids is 1. The van der Waals surface area contributed by atoms with Gasteiger partial charge in [0.2, 0.25) is 0 Å². The number of anilines is 1. The van der Waals surface area contributed by atoms with E-state index in [0.29, 0.717) is 23.2 Å². The predicted molar refractivity (Wildman–Crippen MR) is 73.3 cm³/mol. The van der Waals surface area contributed by atoms with Crippen LogP contribution in [0.15, 0.2) is 12.1 Å². The van der Waals surface area contributed by atoms with E-state index in [9.17, 15) is 14.9 Å². The van der Waals surface area contributed by atoms with Crippen molar-refractivity contribution in [1.29, 1.82) is 0 Å². The van der Waals surface area contributed by atoms with Crippen molar-refractivity contribution >= 4 is 17.3 Å². The van der Waals surface area contributed by atoms with Gasteiger partial charge in [-0.05, 0) is 38.2 Å². The van der Waals surface area contributed by atoms with Crippen molar-refractivity contribution in [3.05, 3.63) is 33.4 Å². The number of piperidine rings is 1. The average Bonchev–Trinajstić information content (AvgIpc) is 3.00. The number of rotatable bonds is 3. The number of benzene rings is 1. The fraction of sp³-hybridized carbons (Fsp3) is 0.500. The molecule has 2 atom stereocenters. The molecule has 1 aromatic carbocycles. The van der Waals surface area contributed by atoms with Crippen molar-refractivity contribution in [3.63, 3.8) is 0 Å². The van der Waals surface area contributed by atoms with E-state index >= 15 is 0 Å². The maximum Gasteiger partial charge on any atom is 0.336 e. The third kappa shape index (κ3) is 1.92. The van der Waals surface area contributed by atoms with Gasteiger partial charge in [0.25, 0.3) is 5.69 Å². The third-order valence-corrected chi connectivity index (χ3v) is 4.52. The number of carbonyl (C=O) groups is 1. The largest absolute Gasteiger partial charge is 0.478 e. The highest BCUT2D eigenvalue weighted by Gasteiger charge is 2.39. The van der Waals surface area contributed by atoms with Crippen molar-refractivity contribution < 1.29 is 14.8 Å². The molecule has 1 aliphatic heterocycles. The van der Waals surface area contributed by atoms with Crippen LogP contribution in [0.4, 0.5) is 11.4 Å². The smallest absolute Gasteiger partial charge is 0.336 e. The molecule has 6 nitrogen and oxygen atoms in total. The summed E-state index contributed by atoms with van der Waals surface area (Å²) in [6.07, 6.45) is 3.42. The molecule has 2 unspecified atom stereocenters. The first-order valence-corrected chi connectivity index (χ1v) is 6.76. The van der Waals surface area contributed by atoms with Gasteiger partial charge in [0.05, 0.1) is 16.1 Å². The van der Waals surface area contributed by atoms with Gasteiger partial charge in [-0.25, -0.2) is 4.79 Å². The van der Waals surface area contributed by atoms with Crippen LogP contribution in [-0.2, 0) is 0 Å². The Balaban J connectivity index is 2.09. The molecule has 2 bridgehead atoms. The molecule has 6 heteroatoms. The zero-order chi connectivity index (χ0) is 14.4. The van der Waals surface area contributed by atoms with E-state index in [1.165, 1.54) is 6.42 Å². The van der Waals surface area contributed by atoms with Gasteiger partial charge in [0, 0.05) is 24.3 Å². The minimum absolute atomic E-state index is 0.0138. The summed E-state index contributed by atoms with van der Waals surface area (Å²) in [6.45, 7) is 2.58. The Morgan fingerprint density at radius 2 is 2.20 bits per heavy atom. The monoisotopic (exact) mass is 276 g/mol. The topological polar surface area (TPSA) is 83.7 Å². The summed E-state index contributed by atoms with van der Waals surface area (Å²) >= 11 is 0. The SMILES string of the molecule is Cc1c(N2CC3CCC2C3)cc(C(=O)O)cc1[N+](=O)[O-]. The number of nitro groups is 1. The number of carboxylic acid groups (broad SMARTS) is 1. The molecule has 0 spiro atoms. The summed E-state index contributed by atoms with van der Waals surface area (Å²) in [4.78, 5) is 23.9. The van der Waals surface area contributed by atoms with Crippen LogP contribution < -0.4 is 4.90 Å². The number of hydrogen-bond donors (Lipinski definition) is 1. The molecule has 106 valence electrons. The van der Waals surface area contributed by atoms with Crippen LogP contribution in [-0.4, -0.2) is 28.6 Å². The molecule has 1 aromatic rings. The molecule has 3 rings (SSSR count). The standard InChI is InChI=1S/C14H16N2O4/c1-8-12(15-7-9-2-3-11(15)4-9)5-10(14(17)18)6-13(8)16(19)20/h5-6,9,11H,2-4,7H2,1H3,(H,17,18). The lowest BCUT2D eigenvalue weighted by Gasteiger charge is -2.30. The minimum atomic E-state index is -1.13. The lowest BCUT2D eigenvalue weighted by atomic mass is 10.0. The van der Waals surface area contributed by atoms with Crippen molar-refractivity contribution in [2.24, 2.45) is 5.92 Å². The summed E-state index contributed by atoms with van der Waals surface area (Å²) in [6, 6.07) is 3.13. The quantitative estimate of drug-likeness (QED) is 0.677. The number of carboxylic acids is 1. The van der Waals surface area contributed by atoms with Crippen LogP contribution in [0.25, 0.3) is 0 Å². The van der Waals surface area contributed by atoms with Gasteiger partial charge in [-0.3, -0.25) is 10.1 Å². The van der Waals surface area contributed by atoms with Crippen LogP contribution >= 0.6 is 0 Å². The van der Waals surface area contributed by atoms with Crippen LogP contribution in [0.2, 0.25) is 0 Å². The molecule has 2 fully saturated rings. The Morgan fingerprint density at radius 3 is 2.70 bits per heavy atom. The van der Waals surface area contributed by atoms with E-state index in [1.807, 2.05) is 0 Å². The van der Waals surface area contributed by atoms with E-state index in [0.717, 1.165) is 25.5 Å². The molecule has 0 aromatic heterocycles. The average molecular weight is 276 g/mol. The van der Waals surface area contributed by atoms with Crippen molar-refractivity contribution in [1.82, 2.24) is 0 Å². The summed E-state index contributed by atoms with van der Waals surface area (Å²) in [5, 5.41) is 20.3. The lowest BCUT2D eigenvalue weighted by Crippen LogP contribution is -2.32. The van der Waals surface area contributed by atoms with Crippen LogP contribution in [0.3, 0.4) is 0 Å². The molecular weight excluding hydrogens is 260 g/mol. The second-order valence-electron chi connectivity index (χ2n) is 5.69. The van der Waals surface area contributed by atoms with E-state index in [2.05, 4.69) is 4.90 Å². The second-order valence-corrected chi connectivity index (χ2v) is 5.69. The maximum absolute atomic E-state index is 11.2. The van der Waals surface area contributed by atoms with Gasteiger partial charge in [0.1, 0.15) is 0 Å². The fourth-order valence-electron chi connectivity index (χ4n) is 3.52. The summed E-state index contributed by atoms with van der Waals surface area (Å²) in [5.74, 6) is -0.481. The summed E-state index contributed by atoms with van der Waals surface area (Å²) in [5.41, 5.74) is 1.15. The van der Waals surface area contributed by atoms with E-state index < -0.39 is 10.9 Å². The van der Waals surface area contributed by atoms with Crippen LogP contribution in [0.1, 0.15) is 35.2 Å². The fourth-order valence-corrected chi connectivity index (χ4v) is 3.52. The normalized spacial score (nSPS) is 24.1. The van der Waals surface area contributed by atoms with Crippen molar-refractivity contribution in [3.8, 4) is 0 Å². The second kappa shape index (κ2) is 4.47. The molecule has 1 saturated heterocycles. The van der Waals surface area contributed by atoms with Gasteiger partial charge in [-0.15, -0.1) is 0 Å². The van der Waals surface area contributed by atoms with Crippen LogP contribution in [0, 0.1) is 23.0 Å². The molecule has 1 aliphatic carbocycles. The summed E-state index contributed by atoms with van der Waals surface area (Å²) < 4.78 is 0. The first-order chi connectivity index (χ1) is 9.47. The molecule has 1 heterocycles. The first-order valence-electron chi connectivity index (χ1n) is 6.76. The van der Waals surface area contributed by atoms with Gasteiger partial charge < -0.3 is 10.0 Å². The Morgan fingerprint density at radius 1 is 1.45 bits per heavy atom. The minimum Gasteiger partial charge on any atom is -0.478 e. The third-order valence-electron chi connectivity index (χ3n) is 4.52. The van der Waals surface area contributed by atoms with Gasteiger partial charge in [-0.2, -0.15) is 0 Å². The zero-order valence-corrected chi connectivity index (χ0v) is 11.2. The van der Waals surface area contributed by atoms with Gasteiger partial charge in [-0.1, -0.05) is 0 Å². The highest BCUT2D eigenvalue weighted by molar-refractivity contribution is 5.91. The number of hydrogen-bond acceptors (Lipinski definition) is 4. The van der Waals surface area contributed by atoms with E-state index in [4.69, 9.17) is 5.11 Å². The molecular formula is C14H16N2O4. The molecule has 0 radical (unpaired) electrons. The Labute approximate surface area is 116 Å². The molecule has 0 amide bonds. The van der Waals surface area contributed by atoms with Crippen molar-refractivity contribution in [2.75, 3.05) is 11.4 Å². The van der Waals surface area contributed by atoms with Crippen LogP contribution in [0.5, 0.6) is 0 Å². The summed E-state index contributed by atoms with van der Waals surface area (Å²) in [7, 11) is 0. The lowest BCUT2D eigenvalue weighted by molar-refractivity contribution is -0.385. The van der Waals surface area contributed by atoms with E-state index in [-0.39, 0.29) is 11.3 Å². The molecule has 1 N–H and O–H groups in total. The van der Waals surface area contributed by atoms with E-state index in [1.54, 1.807) is 13.0 Å². The molecule has 2 aliphatic rings. The highest BCUT2D eigenvalue weighted by atomic mass is 16.6. The molecule has 1 saturated carbocycles. The van der Waals surface area contributed by atoms with Gasteiger partial charge in [0.15, 0.2) is 0 Å². The Kier molecular flexibility index (Phi) is 2.88. The number of nitro benzene ring substituents is 1. The highest BCUT2D eigenvalue weighted by Crippen LogP contribution is 2.43. The zero-order valence-electron chi connectivity index (χ0n) is 11.2. The number of nitrogens with zero attached hydrogens (tertiary/aromatic N) is 2. The van der Waals surface area contributed by atoms with Gasteiger partial charge >= 0.3 is 5.97 Å². The van der Waals surface area contributed by atoms with Crippen molar-refractivity contribution in [2.45, 2.75) is 32.2 Å². The Hall–Kier alpha value is -2.11. The maximum atomic E-state index is 11.2.